The lowest BCUT2D eigenvalue weighted by Crippen LogP contribution is -2.29. The number of carbonyl (C=O) groups is 1. The summed E-state index contributed by atoms with van der Waals surface area (Å²) >= 11 is 4.90. The molecule has 0 radical (unpaired) electrons. The number of rotatable bonds is 4. The van der Waals surface area contributed by atoms with Crippen LogP contribution < -0.4 is 4.31 Å². The Morgan fingerprint density at radius 1 is 1.23 bits per heavy atom. The van der Waals surface area contributed by atoms with Crippen molar-refractivity contribution in [1.29, 1.82) is 0 Å². The molecule has 0 atom stereocenters. The summed E-state index contributed by atoms with van der Waals surface area (Å²) in [4.78, 5) is 12.0. The molecule has 1 aliphatic rings. The Kier molecular flexibility index (Phi) is 4.41. The van der Waals surface area contributed by atoms with Crippen LogP contribution in [-0.4, -0.2) is 20.7 Å². The van der Waals surface area contributed by atoms with Crippen molar-refractivity contribution in [3.8, 4) is 0 Å². The molecule has 0 fully saturated rings. The molecular weight excluding hydrogens is 434 g/mol. The molecule has 0 amide bonds. The SMILES string of the molecule is CC(=O)Cc1c2c(cc3sccc13)N(S(=O)(=O)c1ccc(Br)cc1)CC2. The van der Waals surface area contributed by atoms with E-state index in [0.717, 1.165) is 25.7 Å². The van der Waals surface area contributed by atoms with Gasteiger partial charge in [0.25, 0.3) is 10.0 Å². The summed E-state index contributed by atoms with van der Waals surface area (Å²) in [6.45, 7) is 1.97. The van der Waals surface area contributed by atoms with Gasteiger partial charge in [-0.2, -0.15) is 0 Å². The summed E-state index contributed by atoms with van der Waals surface area (Å²) in [6, 6.07) is 10.6. The van der Waals surface area contributed by atoms with Crippen molar-refractivity contribution in [2.24, 2.45) is 0 Å². The second kappa shape index (κ2) is 6.48. The van der Waals surface area contributed by atoms with Gasteiger partial charge in [0.2, 0.25) is 0 Å². The van der Waals surface area contributed by atoms with Crippen molar-refractivity contribution in [2.75, 3.05) is 10.8 Å². The van der Waals surface area contributed by atoms with Crippen molar-refractivity contribution < 1.29 is 13.2 Å². The van der Waals surface area contributed by atoms with Crippen molar-refractivity contribution >= 4 is 58.8 Å². The molecule has 7 heteroatoms. The Hall–Kier alpha value is -1.70. The summed E-state index contributed by atoms with van der Waals surface area (Å²) in [7, 11) is -3.63. The molecule has 0 saturated heterocycles. The molecule has 0 unspecified atom stereocenters. The van der Waals surface area contributed by atoms with Gasteiger partial charge in [-0.1, -0.05) is 15.9 Å². The number of hydrogen-bond acceptors (Lipinski definition) is 4. The maximum atomic E-state index is 13.2. The quantitative estimate of drug-likeness (QED) is 0.586. The van der Waals surface area contributed by atoms with E-state index in [-0.39, 0.29) is 10.7 Å². The first kappa shape index (κ1) is 17.7. The van der Waals surface area contributed by atoms with Gasteiger partial charge in [0.05, 0.1) is 10.6 Å². The summed E-state index contributed by atoms with van der Waals surface area (Å²) in [5.74, 6) is 0.0834. The number of halogens is 1. The lowest BCUT2D eigenvalue weighted by atomic mass is 9.97. The van der Waals surface area contributed by atoms with E-state index in [1.165, 1.54) is 4.31 Å². The zero-order valence-corrected chi connectivity index (χ0v) is 17.2. The third kappa shape index (κ3) is 2.88. The van der Waals surface area contributed by atoms with E-state index in [1.807, 2.05) is 17.5 Å². The molecule has 1 aliphatic heterocycles. The molecule has 0 saturated carbocycles. The van der Waals surface area contributed by atoms with Crippen LogP contribution in [0.1, 0.15) is 18.1 Å². The number of fused-ring (bicyclic) bond motifs is 2. The second-order valence-electron chi connectivity index (χ2n) is 6.35. The molecule has 4 rings (SSSR count). The Morgan fingerprint density at radius 3 is 2.65 bits per heavy atom. The second-order valence-corrected chi connectivity index (χ2v) is 10.1. The zero-order valence-electron chi connectivity index (χ0n) is 14.0. The fourth-order valence-electron chi connectivity index (χ4n) is 3.48. The van der Waals surface area contributed by atoms with Crippen LogP contribution in [0.3, 0.4) is 0 Å². The molecule has 134 valence electrons. The average Bonchev–Trinajstić information content (AvgIpc) is 3.21. The van der Waals surface area contributed by atoms with E-state index >= 15 is 0 Å². The number of hydrogen-bond donors (Lipinski definition) is 0. The zero-order chi connectivity index (χ0) is 18.5. The minimum atomic E-state index is -3.63. The standard InChI is InChI=1S/C19H16BrNO3S2/c1-12(22)10-17-15-6-8-21(18(15)11-19-16(17)7-9-25-19)26(23,24)14-4-2-13(20)3-5-14/h2-5,7,9,11H,6,8,10H2,1H3. The molecule has 0 aliphatic carbocycles. The van der Waals surface area contributed by atoms with Crippen LogP contribution in [0.2, 0.25) is 0 Å². The highest BCUT2D eigenvalue weighted by atomic mass is 79.9. The van der Waals surface area contributed by atoms with Gasteiger partial charge in [-0.05, 0) is 71.6 Å². The van der Waals surface area contributed by atoms with Crippen LogP contribution in [0.4, 0.5) is 5.69 Å². The number of ketones is 1. The Balaban J connectivity index is 1.87. The average molecular weight is 450 g/mol. The molecule has 3 aromatic rings. The van der Waals surface area contributed by atoms with Gasteiger partial charge in [-0.25, -0.2) is 8.42 Å². The van der Waals surface area contributed by atoms with E-state index in [4.69, 9.17) is 0 Å². The van der Waals surface area contributed by atoms with Crippen molar-refractivity contribution in [3.63, 3.8) is 0 Å². The van der Waals surface area contributed by atoms with Crippen LogP contribution in [0.5, 0.6) is 0 Å². The molecule has 2 aromatic carbocycles. The number of nitrogens with zero attached hydrogens (tertiary/aromatic N) is 1. The topological polar surface area (TPSA) is 54.5 Å². The largest absolute Gasteiger partial charge is 0.300 e. The molecule has 26 heavy (non-hydrogen) atoms. The number of thiophene rings is 1. The lowest BCUT2D eigenvalue weighted by molar-refractivity contribution is -0.116. The fraction of sp³-hybridized carbons (Fsp3) is 0.211. The third-order valence-electron chi connectivity index (χ3n) is 4.62. The van der Waals surface area contributed by atoms with Gasteiger partial charge in [-0.15, -0.1) is 11.3 Å². The Morgan fingerprint density at radius 2 is 1.96 bits per heavy atom. The van der Waals surface area contributed by atoms with Gasteiger partial charge in [0, 0.05) is 22.1 Å². The van der Waals surface area contributed by atoms with E-state index in [9.17, 15) is 13.2 Å². The van der Waals surface area contributed by atoms with E-state index in [2.05, 4.69) is 15.9 Å². The predicted octanol–water partition coefficient (Wildman–Crippen LogP) is 4.55. The molecular formula is C19H16BrNO3S2. The molecule has 0 spiro atoms. The van der Waals surface area contributed by atoms with Crippen molar-refractivity contribution in [2.45, 2.75) is 24.7 Å². The van der Waals surface area contributed by atoms with E-state index in [1.54, 1.807) is 42.5 Å². The molecule has 0 bridgehead atoms. The van der Waals surface area contributed by atoms with Crippen LogP contribution >= 0.6 is 27.3 Å². The molecule has 1 aromatic heterocycles. The third-order valence-corrected chi connectivity index (χ3v) is 7.84. The number of benzene rings is 2. The van der Waals surface area contributed by atoms with Gasteiger partial charge < -0.3 is 0 Å². The Labute approximate surface area is 164 Å². The first-order valence-electron chi connectivity index (χ1n) is 8.17. The number of Topliss-reactive ketones (excluding diaryl/α,β-unsaturated/α-hetero) is 1. The van der Waals surface area contributed by atoms with Crippen molar-refractivity contribution in [3.05, 3.63) is 57.4 Å². The van der Waals surface area contributed by atoms with E-state index in [0.29, 0.717) is 25.1 Å². The maximum Gasteiger partial charge on any atom is 0.264 e. The number of carbonyl (C=O) groups excluding carboxylic acids is 1. The first-order valence-corrected chi connectivity index (χ1v) is 11.3. The number of sulfonamides is 1. The van der Waals surface area contributed by atoms with Gasteiger partial charge in [-0.3, -0.25) is 9.10 Å². The van der Waals surface area contributed by atoms with Crippen LogP contribution in [0, 0.1) is 0 Å². The highest BCUT2D eigenvalue weighted by Crippen LogP contribution is 2.41. The number of anilines is 1. The molecule has 0 N–H and O–H groups in total. The van der Waals surface area contributed by atoms with Crippen LogP contribution in [0.25, 0.3) is 10.1 Å². The van der Waals surface area contributed by atoms with Gasteiger partial charge >= 0.3 is 0 Å². The summed E-state index contributed by atoms with van der Waals surface area (Å²) < 4.78 is 29.7. The predicted molar refractivity (Wildman–Crippen MR) is 109 cm³/mol. The minimum absolute atomic E-state index is 0.0834. The normalized spacial score (nSPS) is 14.0. The summed E-state index contributed by atoms with van der Waals surface area (Å²) in [6.07, 6.45) is 0.960. The fourth-order valence-corrected chi connectivity index (χ4v) is 6.08. The lowest BCUT2D eigenvalue weighted by Gasteiger charge is -2.20. The van der Waals surface area contributed by atoms with E-state index < -0.39 is 10.0 Å². The minimum Gasteiger partial charge on any atom is -0.300 e. The van der Waals surface area contributed by atoms with Crippen LogP contribution in [-0.2, 0) is 27.7 Å². The highest BCUT2D eigenvalue weighted by molar-refractivity contribution is 9.10. The highest BCUT2D eigenvalue weighted by Gasteiger charge is 2.33. The molecule has 2 heterocycles. The van der Waals surface area contributed by atoms with Gasteiger partial charge in [0.15, 0.2) is 0 Å². The monoisotopic (exact) mass is 449 g/mol. The maximum absolute atomic E-state index is 13.2. The smallest absolute Gasteiger partial charge is 0.264 e. The van der Waals surface area contributed by atoms with Gasteiger partial charge in [0.1, 0.15) is 5.78 Å². The summed E-state index contributed by atoms with van der Waals surface area (Å²) in [5.41, 5.74) is 2.66. The van der Waals surface area contributed by atoms with Crippen LogP contribution in [0.15, 0.2) is 51.1 Å². The Bertz CT molecular complexity index is 1120. The first-order chi connectivity index (χ1) is 12.4. The van der Waals surface area contributed by atoms with Crippen molar-refractivity contribution in [1.82, 2.24) is 0 Å². The molecule has 4 nitrogen and oxygen atoms in total. The summed E-state index contributed by atoms with van der Waals surface area (Å²) in [5, 5.41) is 3.05.